The molecular formula is C16H20ClN3. The number of halogens is 1. The second-order valence-electron chi connectivity index (χ2n) is 4.90. The van der Waals surface area contributed by atoms with Crippen molar-refractivity contribution in [3.63, 3.8) is 0 Å². The molecule has 1 aromatic heterocycles. The van der Waals surface area contributed by atoms with Crippen molar-refractivity contribution >= 4 is 17.3 Å². The van der Waals surface area contributed by atoms with Gasteiger partial charge in [0, 0.05) is 24.7 Å². The number of hydrogen-bond donors (Lipinski definition) is 1. The van der Waals surface area contributed by atoms with Crippen LogP contribution in [0.1, 0.15) is 24.2 Å². The fourth-order valence-electron chi connectivity index (χ4n) is 2.00. The summed E-state index contributed by atoms with van der Waals surface area (Å²) in [5.74, 6) is 0. The molecule has 0 bridgehead atoms. The molecule has 1 atom stereocenters. The van der Waals surface area contributed by atoms with Crippen LogP contribution in [0.3, 0.4) is 0 Å². The molecule has 2 aromatic rings. The monoisotopic (exact) mass is 289 g/mol. The average molecular weight is 290 g/mol. The van der Waals surface area contributed by atoms with E-state index < -0.39 is 0 Å². The van der Waals surface area contributed by atoms with E-state index in [1.165, 1.54) is 0 Å². The maximum absolute atomic E-state index is 6.19. The number of nitrogens with zero attached hydrogens (tertiary/aromatic N) is 2. The Morgan fingerprint density at radius 1 is 1.25 bits per heavy atom. The molecule has 0 spiro atoms. The number of nitrogens with one attached hydrogen (secondary N) is 1. The van der Waals surface area contributed by atoms with E-state index in [1.54, 1.807) is 0 Å². The summed E-state index contributed by atoms with van der Waals surface area (Å²) in [6.07, 6.45) is 1.90. The van der Waals surface area contributed by atoms with Crippen LogP contribution in [0.25, 0.3) is 0 Å². The van der Waals surface area contributed by atoms with Crippen LogP contribution in [0.4, 0.5) is 5.69 Å². The summed E-state index contributed by atoms with van der Waals surface area (Å²) in [5.41, 5.74) is 3.24. The highest BCUT2D eigenvalue weighted by atomic mass is 35.5. The van der Waals surface area contributed by atoms with Gasteiger partial charge in [0.1, 0.15) is 0 Å². The highest BCUT2D eigenvalue weighted by Crippen LogP contribution is 2.21. The summed E-state index contributed by atoms with van der Waals surface area (Å²) in [5, 5.41) is 3.98. The van der Waals surface area contributed by atoms with Crippen molar-refractivity contribution < 1.29 is 0 Å². The number of pyridine rings is 1. The Hall–Kier alpha value is -1.58. The van der Waals surface area contributed by atoms with Crippen LogP contribution in [0.15, 0.2) is 42.6 Å². The largest absolute Gasteiger partial charge is 0.369 e. The zero-order valence-corrected chi connectivity index (χ0v) is 12.9. The first-order chi connectivity index (χ1) is 9.61. The standard InChI is InChI=1S/C16H20ClN3/c1-12(18-2)16-9-8-14(10-19-16)20(3)11-13-6-4-5-7-15(13)17/h4-10,12,18H,11H2,1-3H3. The highest BCUT2D eigenvalue weighted by molar-refractivity contribution is 6.31. The van der Waals surface area contributed by atoms with Crippen molar-refractivity contribution in [2.45, 2.75) is 19.5 Å². The van der Waals surface area contributed by atoms with E-state index >= 15 is 0 Å². The van der Waals surface area contributed by atoms with Crippen molar-refractivity contribution in [3.05, 3.63) is 58.9 Å². The molecule has 0 saturated carbocycles. The van der Waals surface area contributed by atoms with E-state index in [-0.39, 0.29) is 6.04 Å². The molecule has 0 aliphatic heterocycles. The maximum atomic E-state index is 6.19. The number of rotatable bonds is 5. The van der Waals surface area contributed by atoms with Gasteiger partial charge in [-0.05, 0) is 37.7 Å². The summed E-state index contributed by atoms with van der Waals surface area (Å²) in [7, 11) is 3.98. The molecule has 0 aliphatic rings. The van der Waals surface area contributed by atoms with Gasteiger partial charge in [0.2, 0.25) is 0 Å². The molecule has 0 saturated heterocycles. The van der Waals surface area contributed by atoms with E-state index in [2.05, 4.69) is 34.3 Å². The topological polar surface area (TPSA) is 28.2 Å². The Kier molecular flexibility index (Phi) is 4.99. The lowest BCUT2D eigenvalue weighted by Gasteiger charge is -2.20. The normalized spacial score (nSPS) is 12.2. The third kappa shape index (κ3) is 3.50. The number of anilines is 1. The summed E-state index contributed by atoms with van der Waals surface area (Å²) in [4.78, 5) is 6.64. The van der Waals surface area contributed by atoms with Crippen LogP contribution in [-0.2, 0) is 6.54 Å². The fraction of sp³-hybridized carbons (Fsp3) is 0.312. The van der Waals surface area contributed by atoms with Crippen molar-refractivity contribution in [1.82, 2.24) is 10.3 Å². The molecule has 106 valence electrons. The molecule has 4 heteroatoms. The van der Waals surface area contributed by atoms with Crippen LogP contribution in [0, 0.1) is 0 Å². The minimum absolute atomic E-state index is 0.262. The van der Waals surface area contributed by atoms with Gasteiger partial charge in [-0.3, -0.25) is 4.98 Å². The Morgan fingerprint density at radius 3 is 2.60 bits per heavy atom. The van der Waals surface area contributed by atoms with Crippen LogP contribution < -0.4 is 10.2 Å². The minimum atomic E-state index is 0.262. The minimum Gasteiger partial charge on any atom is -0.369 e. The van der Waals surface area contributed by atoms with Crippen molar-refractivity contribution in [1.29, 1.82) is 0 Å². The molecule has 0 aliphatic carbocycles. The van der Waals surface area contributed by atoms with Gasteiger partial charge in [-0.25, -0.2) is 0 Å². The third-order valence-corrected chi connectivity index (χ3v) is 3.82. The molecule has 1 aromatic carbocycles. The summed E-state index contributed by atoms with van der Waals surface area (Å²) >= 11 is 6.19. The van der Waals surface area contributed by atoms with Gasteiger partial charge in [0.25, 0.3) is 0 Å². The lowest BCUT2D eigenvalue weighted by Crippen LogP contribution is -2.18. The molecule has 0 amide bonds. The molecule has 1 N–H and O–H groups in total. The van der Waals surface area contributed by atoms with E-state index in [1.807, 2.05) is 44.6 Å². The van der Waals surface area contributed by atoms with Gasteiger partial charge in [0.15, 0.2) is 0 Å². The molecule has 0 fully saturated rings. The molecular weight excluding hydrogens is 270 g/mol. The fourth-order valence-corrected chi connectivity index (χ4v) is 2.20. The van der Waals surface area contributed by atoms with Crippen molar-refractivity contribution in [3.8, 4) is 0 Å². The first-order valence-electron chi connectivity index (χ1n) is 6.69. The molecule has 0 radical (unpaired) electrons. The summed E-state index contributed by atoms with van der Waals surface area (Å²) < 4.78 is 0. The third-order valence-electron chi connectivity index (χ3n) is 3.45. The smallest absolute Gasteiger partial charge is 0.0571 e. The zero-order valence-electron chi connectivity index (χ0n) is 12.1. The summed E-state index contributed by atoms with van der Waals surface area (Å²) in [6.45, 7) is 2.86. The van der Waals surface area contributed by atoms with Crippen LogP contribution in [0.2, 0.25) is 5.02 Å². The number of aromatic nitrogens is 1. The molecule has 20 heavy (non-hydrogen) atoms. The van der Waals surface area contributed by atoms with E-state index in [0.29, 0.717) is 0 Å². The van der Waals surface area contributed by atoms with E-state index in [0.717, 1.165) is 28.5 Å². The van der Waals surface area contributed by atoms with Crippen molar-refractivity contribution in [2.24, 2.45) is 0 Å². The lowest BCUT2D eigenvalue weighted by atomic mass is 10.2. The predicted octanol–water partition coefficient (Wildman–Crippen LogP) is 3.65. The highest BCUT2D eigenvalue weighted by Gasteiger charge is 2.07. The van der Waals surface area contributed by atoms with Gasteiger partial charge < -0.3 is 10.2 Å². The Balaban J connectivity index is 2.10. The van der Waals surface area contributed by atoms with Gasteiger partial charge in [-0.15, -0.1) is 0 Å². The second kappa shape index (κ2) is 6.73. The predicted molar refractivity (Wildman–Crippen MR) is 85.3 cm³/mol. The molecule has 3 nitrogen and oxygen atoms in total. The van der Waals surface area contributed by atoms with E-state index in [9.17, 15) is 0 Å². The van der Waals surface area contributed by atoms with Gasteiger partial charge in [0.05, 0.1) is 17.6 Å². The molecule has 1 heterocycles. The molecule has 2 rings (SSSR count). The summed E-state index contributed by atoms with van der Waals surface area (Å²) in [6, 6.07) is 12.3. The molecule has 1 unspecified atom stereocenters. The first-order valence-corrected chi connectivity index (χ1v) is 7.07. The van der Waals surface area contributed by atoms with Gasteiger partial charge >= 0.3 is 0 Å². The zero-order chi connectivity index (χ0) is 14.5. The Morgan fingerprint density at radius 2 is 2.00 bits per heavy atom. The van der Waals surface area contributed by atoms with Crippen molar-refractivity contribution in [2.75, 3.05) is 19.0 Å². The first kappa shape index (κ1) is 14.8. The average Bonchev–Trinajstić information content (AvgIpc) is 2.49. The number of benzene rings is 1. The lowest BCUT2D eigenvalue weighted by molar-refractivity contribution is 0.632. The van der Waals surface area contributed by atoms with Gasteiger partial charge in [-0.2, -0.15) is 0 Å². The van der Waals surface area contributed by atoms with Crippen LogP contribution >= 0.6 is 11.6 Å². The van der Waals surface area contributed by atoms with Gasteiger partial charge in [-0.1, -0.05) is 29.8 Å². The van der Waals surface area contributed by atoms with Crippen LogP contribution in [0.5, 0.6) is 0 Å². The van der Waals surface area contributed by atoms with E-state index in [4.69, 9.17) is 11.6 Å². The number of hydrogen-bond acceptors (Lipinski definition) is 3. The quantitative estimate of drug-likeness (QED) is 0.911. The Labute approximate surface area is 125 Å². The Bertz CT molecular complexity index is 554. The SMILES string of the molecule is CNC(C)c1ccc(N(C)Cc2ccccc2Cl)cn1. The second-order valence-corrected chi connectivity index (χ2v) is 5.31. The maximum Gasteiger partial charge on any atom is 0.0571 e. The van der Waals surface area contributed by atoms with Crippen LogP contribution in [-0.4, -0.2) is 19.1 Å².